The van der Waals surface area contributed by atoms with E-state index in [0.717, 1.165) is 10.5 Å². The maximum Gasteiger partial charge on any atom is 0.145 e. The van der Waals surface area contributed by atoms with Gasteiger partial charge in [0, 0.05) is 23.5 Å². The third-order valence-electron chi connectivity index (χ3n) is 2.06. The highest BCUT2D eigenvalue weighted by atomic mass is 32.1. The van der Waals surface area contributed by atoms with Crippen molar-refractivity contribution in [3.8, 4) is 0 Å². The zero-order chi connectivity index (χ0) is 8.55. The lowest BCUT2D eigenvalue weighted by Gasteiger charge is -2.03. The molecular formula is C8H11N3S. The van der Waals surface area contributed by atoms with Crippen LogP contribution in [0.25, 0.3) is 10.2 Å². The number of rotatable bonds is 2. The van der Waals surface area contributed by atoms with E-state index >= 15 is 0 Å². The fourth-order valence-corrected chi connectivity index (χ4v) is 1.99. The minimum atomic E-state index is 0.365. The lowest BCUT2D eigenvalue weighted by Crippen LogP contribution is -2.09. The third kappa shape index (κ3) is 1.04. The molecule has 0 saturated carbocycles. The molecule has 0 aliphatic heterocycles. The lowest BCUT2D eigenvalue weighted by atomic mass is 10.1. The van der Waals surface area contributed by atoms with Crippen LogP contribution in [0.5, 0.6) is 0 Å². The van der Waals surface area contributed by atoms with Gasteiger partial charge in [0.25, 0.3) is 0 Å². The number of fused-ring (bicyclic) bond motifs is 1. The number of nitrogens with zero attached hydrogens (tertiary/aromatic N) is 1. The summed E-state index contributed by atoms with van der Waals surface area (Å²) in [6, 6.07) is 2.09. The van der Waals surface area contributed by atoms with Crippen molar-refractivity contribution in [2.75, 3.05) is 6.54 Å². The van der Waals surface area contributed by atoms with E-state index in [4.69, 9.17) is 5.73 Å². The Morgan fingerprint density at radius 3 is 3.33 bits per heavy atom. The topological polar surface area (TPSA) is 54.7 Å². The Hall–Kier alpha value is -0.870. The highest BCUT2D eigenvalue weighted by Gasteiger charge is 2.11. The summed E-state index contributed by atoms with van der Waals surface area (Å²) >= 11 is 1.65. The van der Waals surface area contributed by atoms with E-state index in [-0.39, 0.29) is 0 Å². The highest BCUT2D eigenvalue weighted by Crippen LogP contribution is 2.25. The zero-order valence-electron chi connectivity index (χ0n) is 6.87. The van der Waals surface area contributed by atoms with E-state index in [0.29, 0.717) is 12.5 Å². The van der Waals surface area contributed by atoms with Crippen molar-refractivity contribution >= 4 is 21.6 Å². The molecule has 2 heterocycles. The summed E-state index contributed by atoms with van der Waals surface area (Å²) < 4.78 is 0. The van der Waals surface area contributed by atoms with Gasteiger partial charge in [-0.3, -0.25) is 5.10 Å². The molecule has 0 aromatic carbocycles. The first-order valence-corrected chi connectivity index (χ1v) is 4.82. The van der Waals surface area contributed by atoms with Crippen LogP contribution in [-0.4, -0.2) is 16.7 Å². The highest BCUT2D eigenvalue weighted by molar-refractivity contribution is 7.16. The monoisotopic (exact) mass is 181 g/mol. The van der Waals surface area contributed by atoms with Crippen LogP contribution in [0.2, 0.25) is 0 Å². The predicted molar refractivity (Wildman–Crippen MR) is 51.4 cm³/mol. The van der Waals surface area contributed by atoms with E-state index in [1.807, 2.05) is 0 Å². The van der Waals surface area contributed by atoms with Crippen LogP contribution in [0.15, 0.2) is 11.4 Å². The molecule has 0 bridgehead atoms. The molecule has 1 atom stereocenters. The second-order valence-corrected chi connectivity index (χ2v) is 3.81. The molecule has 0 aliphatic carbocycles. The number of H-pyrrole nitrogens is 1. The van der Waals surface area contributed by atoms with Crippen LogP contribution in [0.1, 0.15) is 18.5 Å². The maximum atomic E-state index is 5.58. The largest absolute Gasteiger partial charge is 0.330 e. The van der Waals surface area contributed by atoms with E-state index in [2.05, 4.69) is 28.6 Å². The summed E-state index contributed by atoms with van der Waals surface area (Å²) in [5.74, 6) is 0.365. The fraction of sp³-hybridized carbons (Fsp3) is 0.375. The minimum Gasteiger partial charge on any atom is -0.330 e. The average molecular weight is 181 g/mol. The second kappa shape index (κ2) is 2.88. The SMILES string of the molecule is CC(CN)c1[nH]nc2sccc12. The van der Waals surface area contributed by atoms with Crippen LogP contribution in [0.3, 0.4) is 0 Å². The van der Waals surface area contributed by atoms with Crippen molar-refractivity contribution in [2.45, 2.75) is 12.8 Å². The first kappa shape index (κ1) is 7.76. The van der Waals surface area contributed by atoms with Crippen molar-refractivity contribution in [2.24, 2.45) is 5.73 Å². The Balaban J connectivity index is 2.53. The summed E-state index contributed by atoms with van der Waals surface area (Å²) in [6.45, 7) is 2.76. The van der Waals surface area contributed by atoms with Gasteiger partial charge in [0.1, 0.15) is 4.83 Å². The normalized spacial score (nSPS) is 13.8. The van der Waals surface area contributed by atoms with Gasteiger partial charge in [0.05, 0.1) is 0 Å². The molecule has 12 heavy (non-hydrogen) atoms. The Bertz CT molecular complexity index is 376. The molecule has 0 amide bonds. The molecule has 64 valence electrons. The molecule has 2 rings (SSSR count). The van der Waals surface area contributed by atoms with Crippen molar-refractivity contribution in [1.29, 1.82) is 0 Å². The first-order chi connectivity index (χ1) is 5.83. The Kier molecular flexibility index (Phi) is 1.86. The van der Waals surface area contributed by atoms with Crippen LogP contribution in [0.4, 0.5) is 0 Å². The van der Waals surface area contributed by atoms with Crippen molar-refractivity contribution in [3.63, 3.8) is 0 Å². The van der Waals surface area contributed by atoms with E-state index < -0.39 is 0 Å². The minimum absolute atomic E-state index is 0.365. The zero-order valence-corrected chi connectivity index (χ0v) is 7.69. The summed E-state index contributed by atoms with van der Waals surface area (Å²) in [6.07, 6.45) is 0. The number of thiophene rings is 1. The Morgan fingerprint density at radius 2 is 2.58 bits per heavy atom. The van der Waals surface area contributed by atoms with Gasteiger partial charge in [0.2, 0.25) is 0 Å². The molecule has 0 spiro atoms. The van der Waals surface area contributed by atoms with Crippen LogP contribution in [0, 0.1) is 0 Å². The smallest absolute Gasteiger partial charge is 0.145 e. The molecule has 4 heteroatoms. The number of hydrogen-bond donors (Lipinski definition) is 2. The average Bonchev–Trinajstić information content (AvgIpc) is 2.62. The Labute approximate surface area is 74.6 Å². The maximum absolute atomic E-state index is 5.58. The summed E-state index contributed by atoms with van der Waals surface area (Å²) in [5.41, 5.74) is 6.74. The third-order valence-corrected chi connectivity index (χ3v) is 2.87. The van der Waals surface area contributed by atoms with E-state index in [9.17, 15) is 0 Å². The van der Waals surface area contributed by atoms with Crippen LogP contribution in [-0.2, 0) is 0 Å². The van der Waals surface area contributed by atoms with Gasteiger partial charge in [-0.15, -0.1) is 11.3 Å². The molecule has 0 radical (unpaired) electrons. The summed E-state index contributed by atoms with van der Waals surface area (Å²) in [4.78, 5) is 1.07. The standard InChI is InChI=1S/C8H11N3S/c1-5(4-9)7-6-2-3-12-8(6)11-10-7/h2-3,5H,4,9H2,1H3,(H,10,11). The number of hydrogen-bond acceptors (Lipinski definition) is 3. The Morgan fingerprint density at radius 1 is 1.75 bits per heavy atom. The van der Waals surface area contributed by atoms with Gasteiger partial charge in [0.15, 0.2) is 0 Å². The lowest BCUT2D eigenvalue weighted by molar-refractivity contribution is 0.744. The molecule has 1 unspecified atom stereocenters. The van der Waals surface area contributed by atoms with E-state index in [1.54, 1.807) is 11.3 Å². The van der Waals surface area contributed by atoms with Gasteiger partial charge in [-0.2, -0.15) is 5.10 Å². The van der Waals surface area contributed by atoms with Gasteiger partial charge < -0.3 is 5.73 Å². The molecule has 0 fully saturated rings. The first-order valence-electron chi connectivity index (χ1n) is 3.94. The van der Waals surface area contributed by atoms with Crippen molar-refractivity contribution in [3.05, 3.63) is 17.1 Å². The molecule has 3 N–H and O–H groups in total. The summed E-state index contributed by atoms with van der Waals surface area (Å²) in [5, 5.41) is 10.5. The summed E-state index contributed by atoms with van der Waals surface area (Å²) in [7, 11) is 0. The molecule has 0 saturated heterocycles. The van der Waals surface area contributed by atoms with Gasteiger partial charge in [-0.25, -0.2) is 0 Å². The quantitative estimate of drug-likeness (QED) is 0.740. The number of aromatic nitrogens is 2. The number of nitrogens with two attached hydrogens (primary N) is 1. The molecule has 2 aromatic rings. The van der Waals surface area contributed by atoms with E-state index in [1.165, 1.54) is 5.39 Å². The van der Waals surface area contributed by atoms with Crippen LogP contribution >= 0.6 is 11.3 Å². The second-order valence-electron chi connectivity index (χ2n) is 2.91. The number of nitrogens with one attached hydrogen (secondary N) is 1. The number of aromatic amines is 1. The molecule has 3 nitrogen and oxygen atoms in total. The molecular weight excluding hydrogens is 170 g/mol. The molecule has 2 aromatic heterocycles. The molecule has 0 aliphatic rings. The van der Waals surface area contributed by atoms with Crippen molar-refractivity contribution < 1.29 is 0 Å². The van der Waals surface area contributed by atoms with Gasteiger partial charge in [-0.1, -0.05) is 6.92 Å². The van der Waals surface area contributed by atoms with Crippen LogP contribution < -0.4 is 5.73 Å². The predicted octanol–water partition coefficient (Wildman–Crippen LogP) is 1.69. The van der Waals surface area contributed by atoms with Gasteiger partial charge in [-0.05, 0) is 11.4 Å². The van der Waals surface area contributed by atoms with Gasteiger partial charge >= 0.3 is 0 Å². The fourth-order valence-electron chi connectivity index (χ4n) is 1.26. The van der Waals surface area contributed by atoms with Crippen molar-refractivity contribution in [1.82, 2.24) is 10.2 Å².